The van der Waals surface area contributed by atoms with Crippen LogP contribution in [0.2, 0.25) is 0 Å². The van der Waals surface area contributed by atoms with Gasteiger partial charge >= 0.3 is 0 Å². The molecule has 88 valence electrons. The molecule has 0 amide bonds. The van der Waals surface area contributed by atoms with Gasteiger partial charge in [0.15, 0.2) is 5.82 Å². The van der Waals surface area contributed by atoms with Gasteiger partial charge in [-0.25, -0.2) is 4.98 Å². The summed E-state index contributed by atoms with van der Waals surface area (Å²) in [5.74, 6) is 0.450. The maximum atomic E-state index is 11.7. The molecule has 5 nitrogen and oxygen atoms in total. The summed E-state index contributed by atoms with van der Waals surface area (Å²) in [5, 5.41) is 3.21. The zero-order valence-corrected chi connectivity index (χ0v) is 9.52. The lowest BCUT2D eigenvalue weighted by Gasteiger charge is -2.26. The van der Waals surface area contributed by atoms with Crippen LogP contribution in [0.3, 0.4) is 0 Å². The first-order valence-electron chi connectivity index (χ1n) is 5.70. The van der Waals surface area contributed by atoms with Crippen LogP contribution in [0, 0.1) is 0 Å². The number of aromatic nitrogens is 2. The van der Waals surface area contributed by atoms with E-state index in [-0.39, 0.29) is 5.56 Å². The Hall–Kier alpha value is -1.36. The van der Waals surface area contributed by atoms with Gasteiger partial charge in [-0.1, -0.05) is 0 Å². The second-order valence-corrected chi connectivity index (χ2v) is 4.45. The van der Waals surface area contributed by atoms with Gasteiger partial charge in [0, 0.05) is 31.5 Å². The summed E-state index contributed by atoms with van der Waals surface area (Å²) in [4.78, 5) is 15.8. The molecule has 1 aromatic heterocycles. The van der Waals surface area contributed by atoms with Crippen LogP contribution >= 0.6 is 0 Å². The number of rotatable bonds is 2. The summed E-state index contributed by atoms with van der Waals surface area (Å²) in [6.45, 7) is 0. The quantitative estimate of drug-likeness (QED) is 0.762. The summed E-state index contributed by atoms with van der Waals surface area (Å²) in [6, 6.07) is 0.659. The van der Waals surface area contributed by atoms with E-state index < -0.39 is 0 Å². The van der Waals surface area contributed by atoms with Crippen molar-refractivity contribution in [2.45, 2.75) is 37.8 Å². The van der Waals surface area contributed by atoms with Gasteiger partial charge in [0.25, 0.3) is 5.56 Å². The van der Waals surface area contributed by atoms with Crippen LogP contribution in [-0.2, 0) is 7.05 Å². The van der Waals surface area contributed by atoms with Crippen LogP contribution in [0.25, 0.3) is 0 Å². The van der Waals surface area contributed by atoms with E-state index in [2.05, 4.69) is 10.3 Å². The number of hydrogen-bond acceptors (Lipinski definition) is 4. The van der Waals surface area contributed by atoms with Crippen LogP contribution < -0.4 is 16.6 Å². The molecule has 0 spiro atoms. The van der Waals surface area contributed by atoms with Gasteiger partial charge in [0.2, 0.25) is 0 Å². The van der Waals surface area contributed by atoms with Crippen LogP contribution in [0.15, 0.2) is 17.2 Å². The molecule has 1 heterocycles. The molecule has 0 aliphatic heterocycles. The third kappa shape index (κ3) is 2.41. The van der Waals surface area contributed by atoms with Crippen molar-refractivity contribution < 1.29 is 0 Å². The van der Waals surface area contributed by atoms with Crippen LogP contribution in [-0.4, -0.2) is 21.6 Å². The Balaban J connectivity index is 2.04. The van der Waals surface area contributed by atoms with E-state index in [0.29, 0.717) is 17.9 Å². The normalized spacial score (nSPS) is 25.4. The van der Waals surface area contributed by atoms with Gasteiger partial charge in [-0.05, 0) is 25.7 Å². The summed E-state index contributed by atoms with van der Waals surface area (Å²) < 4.78 is 1.53. The Labute approximate surface area is 94.7 Å². The Morgan fingerprint density at radius 1 is 1.44 bits per heavy atom. The molecule has 5 heteroatoms. The predicted molar refractivity (Wildman–Crippen MR) is 63.3 cm³/mol. The Kier molecular flexibility index (Phi) is 3.24. The minimum absolute atomic E-state index is 0.0719. The van der Waals surface area contributed by atoms with Gasteiger partial charge in [-0.3, -0.25) is 4.79 Å². The molecular weight excluding hydrogens is 204 g/mol. The van der Waals surface area contributed by atoms with E-state index in [1.165, 1.54) is 4.57 Å². The number of hydrogen-bond donors (Lipinski definition) is 2. The summed E-state index contributed by atoms with van der Waals surface area (Å²) in [7, 11) is 1.73. The minimum atomic E-state index is -0.0719. The molecule has 0 aromatic carbocycles. The molecule has 3 N–H and O–H groups in total. The molecule has 2 rings (SSSR count). The van der Waals surface area contributed by atoms with Crippen molar-refractivity contribution in [1.29, 1.82) is 0 Å². The van der Waals surface area contributed by atoms with Crippen molar-refractivity contribution in [3.63, 3.8) is 0 Å². The van der Waals surface area contributed by atoms with E-state index in [9.17, 15) is 4.79 Å². The highest BCUT2D eigenvalue weighted by atomic mass is 16.1. The number of nitrogens with two attached hydrogens (primary N) is 1. The molecule has 0 atom stereocenters. The number of nitrogens with zero attached hydrogens (tertiary/aromatic N) is 2. The van der Waals surface area contributed by atoms with Gasteiger partial charge in [-0.15, -0.1) is 0 Å². The molecule has 1 fully saturated rings. The van der Waals surface area contributed by atoms with E-state index in [0.717, 1.165) is 25.7 Å². The van der Waals surface area contributed by atoms with Gasteiger partial charge in [-0.2, -0.15) is 0 Å². The first-order chi connectivity index (χ1) is 7.66. The van der Waals surface area contributed by atoms with E-state index in [1.807, 2.05) is 0 Å². The fraction of sp³-hybridized carbons (Fsp3) is 0.636. The molecule has 1 aliphatic carbocycles. The summed E-state index contributed by atoms with van der Waals surface area (Å²) in [5.41, 5.74) is 5.76. The Bertz CT molecular complexity index is 407. The number of nitrogens with one attached hydrogen (secondary N) is 1. The molecule has 0 radical (unpaired) electrons. The highest BCUT2D eigenvalue weighted by Crippen LogP contribution is 2.19. The lowest BCUT2D eigenvalue weighted by molar-refractivity contribution is 0.410. The van der Waals surface area contributed by atoms with E-state index >= 15 is 0 Å². The second kappa shape index (κ2) is 4.65. The third-order valence-electron chi connectivity index (χ3n) is 3.13. The standard InChI is InChI=1S/C11H18N4O/c1-15-7-6-13-10(11(15)16)14-9-4-2-8(12)3-5-9/h6-9H,2-5,12H2,1H3,(H,13,14). The predicted octanol–water partition coefficient (Wildman–Crippen LogP) is 0.462. The largest absolute Gasteiger partial charge is 0.363 e. The molecule has 1 aliphatic rings. The maximum absolute atomic E-state index is 11.7. The fourth-order valence-electron chi connectivity index (χ4n) is 2.05. The zero-order valence-electron chi connectivity index (χ0n) is 9.52. The van der Waals surface area contributed by atoms with Crippen molar-refractivity contribution in [1.82, 2.24) is 9.55 Å². The Morgan fingerprint density at radius 2 is 2.12 bits per heavy atom. The summed E-state index contributed by atoms with van der Waals surface area (Å²) in [6.07, 6.45) is 7.36. The monoisotopic (exact) mass is 222 g/mol. The van der Waals surface area contributed by atoms with E-state index in [4.69, 9.17) is 5.73 Å². The fourth-order valence-corrected chi connectivity index (χ4v) is 2.05. The molecule has 1 saturated carbocycles. The van der Waals surface area contributed by atoms with Crippen molar-refractivity contribution in [2.24, 2.45) is 12.8 Å². The second-order valence-electron chi connectivity index (χ2n) is 4.45. The highest BCUT2D eigenvalue weighted by molar-refractivity contribution is 5.32. The van der Waals surface area contributed by atoms with Crippen molar-refractivity contribution in [3.8, 4) is 0 Å². The molecule has 0 unspecified atom stereocenters. The third-order valence-corrected chi connectivity index (χ3v) is 3.13. The highest BCUT2D eigenvalue weighted by Gasteiger charge is 2.19. The summed E-state index contributed by atoms with van der Waals surface area (Å²) >= 11 is 0. The maximum Gasteiger partial charge on any atom is 0.293 e. The van der Waals surface area contributed by atoms with Crippen LogP contribution in [0.4, 0.5) is 5.82 Å². The SMILES string of the molecule is Cn1ccnc(NC2CCC(N)CC2)c1=O. The first-order valence-corrected chi connectivity index (χ1v) is 5.70. The average Bonchev–Trinajstić information content (AvgIpc) is 2.28. The number of anilines is 1. The average molecular weight is 222 g/mol. The smallest absolute Gasteiger partial charge is 0.293 e. The van der Waals surface area contributed by atoms with Gasteiger partial charge < -0.3 is 15.6 Å². The molecule has 0 bridgehead atoms. The molecule has 0 saturated heterocycles. The lowest BCUT2D eigenvalue weighted by atomic mass is 9.92. The van der Waals surface area contributed by atoms with E-state index in [1.54, 1.807) is 19.4 Å². The number of aryl methyl sites for hydroxylation is 1. The van der Waals surface area contributed by atoms with Crippen LogP contribution in [0.1, 0.15) is 25.7 Å². The molecular formula is C11H18N4O. The van der Waals surface area contributed by atoms with Crippen molar-refractivity contribution in [2.75, 3.05) is 5.32 Å². The van der Waals surface area contributed by atoms with Crippen LogP contribution in [0.5, 0.6) is 0 Å². The molecule has 16 heavy (non-hydrogen) atoms. The lowest BCUT2D eigenvalue weighted by Crippen LogP contribution is -2.35. The zero-order chi connectivity index (χ0) is 11.5. The molecule has 1 aromatic rings. The Morgan fingerprint density at radius 3 is 2.81 bits per heavy atom. The van der Waals surface area contributed by atoms with Gasteiger partial charge in [0.1, 0.15) is 0 Å². The van der Waals surface area contributed by atoms with Crippen molar-refractivity contribution >= 4 is 5.82 Å². The van der Waals surface area contributed by atoms with Crippen molar-refractivity contribution in [3.05, 3.63) is 22.7 Å². The minimum Gasteiger partial charge on any atom is -0.363 e. The topological polar surface area (TPSA) is 72.9 Å². The van der Waals surface area contributed by atoms with Gasteiger partial charge in [0.05, 0.1) is 0 Å². The first kappa shape index (κ1) is 11.1.